The molecule has 0 spiro atoms. The minimum absolute atomic E-state index is 0.116. The first-order valence-corrected chi connectivity index (χ1v) is 36.8. The van der Waals surface area contributed by atoms with Gasteiger partial charge in [-0.2, -0.15) is 0 Å². The molecule has 16 nitrogen and oxygen atoms in total. The first-order chi connectivity index (χ1) is 42.1. The fourth-order valence-electron chi connectivity index (χ4n) is 12.1. The molecule has 90 heavy (non-hydrogen) atoms. The maximum atomic E-state index is 12.1. The maximum Gasteiger partial charge on any atom is 0.236 e. The zero-order valence-corrected chi connectivity index (χ0v) is 64.4. The van der Waals surface area contributed by atoms with Crippen molar-refractivity contribution in [3.05, 3.63) is 0 Å². The summed E-state index contributed by atoms with van der Waals surface area (Å²) in [6.45, 7) is 66.6. The highest BCUT2D eigenvalue weighted by Crippen LogP contribution is 2.29. The van der Waals surface area contributed by atoms with Crippen LogP contribution in [0.4, 0.5) is 0 Å². The third kappa shape index (κ3) is 52.9. The van der Waals surface area contributed by atoms with Gasteiger partial charge in [-0.1, -0.05) is 162 Å². The lowest BCUT2D eigenvalue weighted by Crippen LogP contribution is -2.49. The van der Waals surface area contributed by atoms with Crippen LogP contribution >= 0.6 is 0 Å². The smallest absolute Gasteiger partial charge is 0.236 e. The second kappa shape index (κ2) is 52.8. The molecule has 0 aromatic rings. The molecule has 0 aromatic carbocycles. The number of ether oxygens (including phenoxy) is 1. The van der Waals surface area contributed by atoms with E-state index in [1.165, 1.54) is 117 Å². The average molecular weight is 1280 g/mol. The maximum absolute atomic E-state index is 12.1. The number of hydrogen-bond acceptors (Lipinski definition) is 12. The van der Waals surface area contributed by atoms with Gasteiger partial charge < -0.3 is 39.9 Å². The number of piperazine rings is 1. The summed E-state index contributed by atoms with van der Waals surface area (Å²) in [5.41, 5.74) is -0.131. The Labute approximate surface area is 559 Å². The van der Waals surface area contributed by atoms with Crippen molar-refractivity contribution in [1.29, 1.82) is 0 Å². The highest BCUT2D eigenvalue weighted by Gasteiger charge is 2.36. The Kier molecular flexibility index (Phi) is 52.6. The molecule has 5 fully saturated rings. The highest BCUT2D eigenvalue weighted by atomic mass is 16.5. The number of fused-ring (bicyclic) bond motifs is 2. The minimum Gasteiger partial charge on any atom is -0.371 e. The minimum atomic E-state index is -0.131. The number of nitrogens with zero attached hydrogens (tertiary/aromatic N) is 9. The van der Waals surface area contributed by atoms with E-state index in [1.807, 2.05) is 60.7 Å². The zero-order valence-electron chi connectivity index (χ0n) is 64.4. The molecule has 2 bridgehead atoms. The predicted octanol–water partition coefficient (Wildman–Crippen LogP) is 12.0. The molecule has 4 amide bonds. The summed E-state index contributed by atoms with van der Waals surface area (Å²) in [5, 5.41) is 5.78. The summed E-state index contributed by atoms with van der Waals surface area (Å²) in [5.74, 6) is 6.81. The van der Waals surface area contributed by atoms with Crippen molar-refractivity contribution in [2.75, 3.05) is 172 Å². The molecule has 2 unspecified atom stereocenters. The largest absolute Gasteiger partial charge is 0.371 e. The van der Waals surface area contributed by atoms with E-state index in [9.17, 15) is 19.2 Å². The molecule has 2 N–H and O–H groups in total. The quantitative estimate of drug-likeness (QED) is 0.0812. The standard InChI is InChI=1S/C13H24N2O2.C12H26N2O.C11H22.2C10H22N2O.C9H20N2.C9H19N/c1-10(2)6-14(3)9-13(16)15-7-11-4-5-12(8-15)17-11;1-7-14(8-10(2)3)9-11(15)13-12(4,5)6;1-10(2)8-9-11-6-4-3-5-7-11;1-6-12(5)10(13)8-11(4)7-9(2)3;1-5-11-10(13)8-12(6-2)7-9(3)4;1-9(2)8-11-6-4-10(3)5-7-11;1-9(2)8-10-6-4-3-5-7-10/h10-12H,4-9H2,1-3H3;10H,7-9H2,1-6H3,(H,13,15);10-11H,3-9H2,1-2H3;9H,6-8H2,1-5H3;9H,5-8H2,1-4H3,(H,11,13);9H,4-8H2,1-3H3;9H,3-8H2,1-2H3. The van der Waals surface area contributed by atoms with Crippen molar-refractivity contribution in [3.63, 3.8) is 0 Å². The number of amides is 4. The predicted molar refractivity (Wildman–Crippen MR) is 387 cm³/mol. The third-order valence-electron chi connectivity index (χ3n) is 16.4. The number of likely N-dealkylation sites (tertiary alicyclic amines) is 2. The van der Waals surface area contributed by atoms with Gasteiger partial charge in [0.15, 0.2) is 0 Å². The molecule has 0 radical (unpaired) electrons. The summed E-state index contributed by atoms with van der Waals surface area (Å²) < 4.78 is 5.74. The van der Waals surface area contributed by atoms with Crippen molar-refractivity contribution in [2.24, 2.45) is 47.3 Å². The molecule has 16 heteroatoms. The number of hydrogen-bond donors (Lipinski definition) is 2. The van der Waals surface area contributed by atoms with E-state index < -0.39 is 0 Å². The third-order valence-corrected chi connectivity index (χ3v) is 16.4. The second-order valence-corrected chi connectivity index (χ2v) is 31.3. The van der Waals surface area contributed by atoms with E-state index in [-0.39, 0.29) is 29.2 Å². The molecule has 5 aliphatic rings. The van der Waals surface area contributed by atoms with Crippen molar-refractivity contribution < 1.29 is 23.9 Å². The Balaban J connectivity index is 0. The zero-order chi connectivity index (χ0) is 68.9. The van der Waals surface area contributed by atoms with E-state index in [1.54, 1.807) is 4.90 Å². The lowest BCUT2D eigenvalue weighted by Gasteiger charge is -2.33. The van der Waals surface area contributed by atoms with Gasteiger partial charge in [0, 0.05) is 104 Å². The van der Waals surface area contributed by atoms with Crippen molar-refractivity contribution in [2.45, 2.75) is 240 Å². The molecule has 4 saturated heterocycles. The first-order valence-electron chi connectivity index (χ1n) is 36.8. The Morgan fingerprint density at radius 1 is 0.500 bits per heavy atom. The van der Waals surface area contributed by atoms with E-state index >= 15 is 0 Å². The van der Waals surface area contributed by atoms with Gasteiger partial charge in [0.25, 0.3) is 0 Å². The van der Waals surface area contributed by atoms with E-state index in [0.29, 0.717) is 62.1 Å². The molecule has 1 saturated carbocycles. The van der Waals surface area contributed by atoms with Crippen LogP contribution in [0, 0.1) is 47.3 Å². The average Bonchev–Trinajstić information content (AvgIpc) is 2.83. The molecule has 1 aliphatic carbocycles. The summed E-state index contributed by atoms with van der Waals surface area (Å²) in [7, 11) is 8.05. The molecule has 2 atom stereocenters. The van der Waals surface area contributed by atoms with Crippen molar-refractivity contribution >= 4 is 23.6 Å². The lowest BCUT2D eigenvalue weighted by molar-refractivity contribution is -0.140. The number of carbonyl (C=O) groups excluding carboxylic acids is 4. The Hall–Kier alpha value is -2.44. The van der Waals surface area contributed by atoms with Crippen LogP contribution in [-0.2, 0) is 23.9 Å². The topological polar surface area (TPSA) is 131 Å². The van der Waals surface area contributed by atoms with Gasteiger partial charge >= 0.3 is 0 Å². The van der Waals surface area contributed by atoms with Crippen molar-refractivity contribution in [3.8, 4) is 0 Å². The van der Waals surface area contributed by atoms with Crippen LogP contribution in [-0.4, -0.2) is 258 Å². The van der Waals surface area contributed by atoms with Crippen LogP contribution in [0.15, 0.2) is 0 Å². The van der Waals surface area contributed by atoms with Crippen LogP contribution < -0.4 is 10.6 Å². The van der Waals surface area contributed by atoms with Gasteiger partial charge in [0.05, 0.1) is 38.4 Å². The number of piperidine rings is 1. The monoisotopic (exact) mass is 1280 g/mol. The van der Waals surface area contributed by atoms with E-state index in [0.717, 1.165) is 102 Å². The summed E-state index contributed by atoms with van der Waals surface area (Å²) in [6.07, 6.45) is 17.6. The van der Waals surface area contributed by atoms with Gasteiger partial charge in [0.1, 0.15) is 0 Å². The number of nitrogens with one attached hydrogen (secondary N) is 2. The van der Waals surface area contributed by atoms with E-state index in [2.05, 4.69) is 163 Å². The van der Waals surface area contributed by atoms with Gasteiger partial charge in [-0.15, -0.1) is 0 Å². The molecular formula is C74H155N11O5. The lowest BCUT2D eigenvalue weighted by atomic mass is 9.85. The number of morpholine rings is 1. The number of likely N-dealkylation sites (N-methyl/N-ethyl adjacent to an activating group) is 7. The van der Waals surface area contributed by atoms with Crippen LogP contribution in [0.2, 0.25) is 0 Å². The van der Waals surface area contributed by atoms with Crippen molar-refractivity contribution in [1.82, 2.24) is 54.7 Å². The van der Waals surface area contributed by atoms with Crippen LogP contribution in [0.1, 0.15) is 222 Å². The molecule has 5 rings (SSSR count). The molecular weight excluding hydrogens is 1120 g/mol. The molecule has 4 aliphatic heterocycles. The molecule has 4 heterocycles. The first kappa shape index (κ1) is 89.6. The van der Waals surface area contributed by atoms with Crippen LogP contribution in [0.5, 0.6) is 0 Å². The molecule has 0 aromatic heterocycles. The van der Waals surface area contributed by atoms with Gasteiger partial charge in [-0.3, -0.25) is 38.8 Å². The van der Waals surface area contributed by atoms with Gasteiger partial charge in [-0.25, -0.2) is 0 Å². The van der Waals surface area contributed by atoms with Crippen LogP contribution in [0.3, 0.4) is 0 Å². The Morgan fingerprint density at radius 3 is 1.33 bits per heavy atom. The van der Waals surface area contributed by atoms with Crippen LogP contribution in [0.25, 0.3) is 0 Å². The SMILES string of the molecule is CC(C)CCC1CCCCC1.CC(C)CN(C)CC(=O)N1CC2CCC(C1)O2.CC(C)CN1CCCCC1.CC(C)CN1CCN(C)CC1.CCN(C)C(=O)CN(C)CC(C)C.CCN(CC(=O)NC(C)(C)C)CC(C)C.CCNC(=O)CN(CC)CC(C)C. The summed E-state index contributed by atoms with van der Waals surface area (Å²) in [6, 6.07) is 0. The second-order valence-electron chi connectivity index (χ2n) is 31.3. The fraction of sp³-hybridized carbons (Fsp3) is 0.946. The normalized spacial score (nSPS) is 18.3. The highest BCUT2D eigenvalue weighted by molar-refractivity contribution is 5.79. The molecule has 536 valence electrons. The summed E-state index contributed by atoms with van der Waals surface area (Å²) >= 11 is 0. The summed E-state index contributed by atoms with van der Waals surface area (Å²) in [4.78, 5) is 66.3. The van der Waals surface area contributed by atoms with Gasteiger partial charge in [0.2, 0.25) is 23.6 Å². The number of carbonyl (C=O) groups is 4. The fourth-order valence-corrected chi connectivity index (χ4v) is 12.1. The Morgan fingerprint density at radius 2 is 0.933 bits per heavy atom. The van der Waals surface area contributed by atoms with Gasteiger partial charge in [-0.05, 0) is 155 Å². The Bertz CT molecular complexity index is 1730. The number of rotatable bonds is 27. The van der Waals surface area contributed by atoms with E-state index in [4.69, 9.17) is 4.74 Å².